The van der Waals surface area contributed by atoms with Crippen LogP contribution in [0, 0.1) is 5.92 Å². The molecule has 0 amide bonds. The minimum absolute atomic E-state index is 0.218. The van der Waals surface area contributed by atoms with Crippen molar-refractivity contribution in [2.45, 2.75) is 12.8 Å². The van der Waals surface area contributed by atoms with Crippen LogP contribution in [0.2, 0.25) is 0 Å². The molecule has 1 saturated heterocycles. The van der Waals surface area contributed by atoms with Crippen LogP contribution in [0.4, 0.5) is 0 Å². The lowest BCUT2D eigenvalue weighted by atomic mass is 9.96. The Morgan fingerprint density at radius 2 is 2.12 bits per heavy atom. The van der Waals surface area contributed by atoms with Gasteiger partial charge in [0.15, 0.2) is 0 Å². The summed E-state index contributed by atoms with van der Waals surface area (Å²) in [6.07, 6.45) is 3.84. The molecule has 1 aromatic carbocycles. The predicted molar refractivity (Wildman–Crippen MR) is 65.6 cm³/mol. The van der Waals surface area contributed by atoms with Gasteiger partial charge in [0.2, 0.25) is 0 Å². The van der Waals surface area contributed by atoms with Gasteiger partial charge < -0.3 is 9.84 Å². The Morgan fingerprint density at radius 3 is 2.71 bits per heavy atom. The molecule has 1 aromatic rings. The first kappa shape index (κ1) is 11.9. The van der Waals surface area contributed by atoms with Gasteiger partial charge in [-0.05, 0) is 18.4 Å². The number of carboxylic acids is 1. The number of hydrogen-bond acceptors (Lipinski definition) is 2. The van der Waals surface area contributed by atoms with E-state index in [-0.39, 0.29) is 5.92 Å². The summed E-state index contributed by atoms with van der Waals surface area (Å²) in [5.74, 6) is -0.656. The molecule has 1 N–H and O–H groups in total. The minimum atomic E-state index is -0.873. The van der Waals surface area contributed by atoms with Crippen LogP contribution in [0.15, 0.2) is 36.4 Å². The highest BCUT2D eigenvalue weighted by Crippen LogP contribution is 2.22. The number of benzene rings is 1. The number of carbonyl (C=O) groups is 1. The second-order valence-corrected chi connectivity index (χ2v) is 4.23. The van der Waals surface area contributed by atoms with Crippen LogP contribution in [0.5, 0.6) is 0 Å². The van der Waals surface area contributed by atoms with Crippen molar-refractivity contribution < 1.29 is 14.6 Å². The first-order valence-corrected chi connectivity index (χ1v) is 5.85. The van der Waals surface area contributed by atoms with Gasteiger partial charge in [0.1, 0.15) is 0 Å². The monoisotopic (exact) mass is 232 g/mol. The van der Waals surface area contributed by atoms with E-state index < -0.39 is 5.97 Å². The molecule has 17 heavy (non-hydrogen) atoms. The van der Waals surface area contributed by atoms with Gasteiger partial charge in [-0.3, -0.25) is 0 Å². The Labute approximate surface area is 101 Å². The van der Waals surface area contributed by atoms with Crippen molar-refractivity contribution in [1.29, 1.82) is 0 Å². The third-order valence-corrected chi connectivity index (χ3v) is 2.91. The highest BCUT2D eigenvalue weighted by atomic mass is 16.5. The number of hydrogen-bond donors (Lipinski definition) is 1. The molecule has 90 valence electrons. The van der Waals surface area contributed by atoms with Crippen LogP contribution in [0.1, 0.15) is 18.4 Å². The van der Waals surface area contributed by atoms with Gasteiger partial charge in [-0.25, -0.2) is 4.79 Å². The Bertz CT molecular complexity index is 403. The highest BCUT2D eigenvalue weighted by molar-refractivity contribution is 6.15. The number of ether oxygens (including phenoxy) is 1. The summed E-state index contributed by atoms with van der Waals surface area (Å²) >= 11 is 0. The normalized spacial score (nSPS) is 21.2. The van der Waals surface area contributed by atoms with Crippen molar-refractivity contribution in [2.75, 3.05) is 13.2 Å². The molecule has 0 radical (unpaired) electrons. The fraction of sp³-hybridized carbons (Fsp3) is 0.357. The smallest absolute Gasteiger partial charge is 0.335 e. The molecule has 1 fully saturated rings. The topological polar surface area (TPSA) is 46.5 Å². The molecule has 0 aliphatic carbocycles. The number of rotatable bonds is 3. The predicted octanol–water partition coefficient (Wildman–Crippen LogP) is 2.58. The van der Waals surface area contributed by atoms with E-state index in [4.69, 9.17) is 4.74 Å². The molecular weight excluding hydrogens is 216 g/mol. The fourth-order valence-electron chi connectivity index (χ4n) is 2.04. The van der Waals surface area contributed by atoms with E-state index in [1.807, 2.05) is 36.4 Å². The Morgan fingerprint density at radius 1 is 1.35 bits per heavy atom. The molecule has 0 saturated carbocycles. The third-order valence-electron chi connectivity index (χ3n) is 2.91. The van der Waals surface area contributed by atoms with E-state index in [1.165, 1.54) is 0 Å². The molecule has 2 rings (SSSR count). The number of carboxylic acid groups (broad SMARTS) is 1. The Balaban J connectivity index is 2.22. The zero-order valence-corrected chi connectivity index (χ0v) is 9.63. The molecule has 1 heterocycles. The average Bonchev–Trinajstić information content (AvgIpc) is 2.38. The van der Waals surface area contributed by atoms with Crippen molar-refractivity contribution >= 4 is 11.5 Å². The third kappa shape index (κ3) is 3.17. The molecule has 1 aliphatic heterocycles. The van der Waals surface area contributed by atoms with Crippen molar-refractivity contribution in [3.63, 3.8) is 0 Å². The molecule has 0 spiro atoms. The van der Waals surface area contributed by atoms with Crippen molar-refractivity contribution in [3.8, 4) is 0 Å². The quantitative estimate of drug-likeness (QED) is 0.815. The molecule has 3 heteroatoms. The second-order valence-electron chi connectivity index (χ2n) is 4.23. The second kappa shape index (κ2) is 5.64. The average molecular weight is 232 g/mol. The van der Waals surface area contributed by atoms with Crippen LogP contribution in [-0.2, 0) is 9.53 Å². The lowest BCUT2D eigenvalue weighted by molar-refractivity contribution is -0.130. The van der Waals surface area contributed by atoms with Gasteiger partial charge >= 0.3 is 5.97 Å². The van der Waals surface area contributed by atoms with E-state index in [9.17, 15) is 9.90 Å². The van der Waals surface area contributed by atoms with Gasteiger partial charge in [0.05, 0.1) is 12.2 Å². The maximum absolute atomic E-state index is 11.3. The molecule has 1 atom stereocenters. The molecule has 1 unspecified atom stereocenters. The van der Waals surface area contributed by atoms with Gasteiger partial charge in [0.25, 0.3) is 0 Å². The van der Waals surface area contributed by atoms with Crippen molar-refractivity contribution in [2.24, 2.45) is 5.92 Å². The van der Waals surface area contributed by atoms with E-state index in [0.717, 1.165) is 25.0 Å². The molecule has 0 bridgehead atoms. The minimum Gasteiger partial charge on any atom is -0.478 e. The Kier molecular flexibility index (Phi) is 3.94. The maximum atomic E-state index is 11.3. The van der Waals surface area contributed by atoms with E-state index >= 15 is 0 Å². The van der Waals surface area contributed by atoms with Crippen molar-refractivity contribution in [3.05, 3.63) is 42.0 Å². The summed E-state index contributed by atoms with van der Waals surface area (Å²) in [5.41, 5.74) is 1.13. The molecule has 1 aliphatic rings. The zero-order chi connectivity index (χ0) is 12.1. The Hall–Kier alpha value is -1.61. The highest BCUT2D eigenvalue weighted by Gasteiger charge is 2.16. The number of aliphatic carboxylic acids is 1. The molecule has 0 aromatic heterocycles. The van der Waals surface area contributed by atoms with E-state index in [1.54, 1.807) is 0 Å². The molecular formula is C14H16O3. The summed E-state index contributed by atoms with van der Waals surface area (Å²) in [7, 11) is 0. The van der Waals surface area contributed by atoms with Crippen LogP contribution in [0.25, 0.3) is 5.57 Å². The van der Waals surface area contributed by atoms with Gasteiger partial charge in [-0.2, -0.15) is 0 Å². The standard InChI is InChI=1S/C14H16O3/c15-14(16)13(12-6-2-1-3-7-12)9-11-5-4-8-17-10-11/h1-3,6-7,9,11H,4-5,8,10H2,(H,15,16). The summed E-state index contributed by atoms with van der Waals surface area (Å²) in [5, 5.41) is 9.25. The first-order valence-electron chi connectivity index (χ1n) is 5.85. The zero-order valence-electron chi connectivity index (χ0n) is 9.63. The van der Waals surface area contributed by atoms with Crippen LogP contribution in [-0.4, -0.2) is 24.3 Å². The van der Waals surface area contributed by atoms with E-state index in [0.29, 0.717) is 12.2 Å². The van der Waals surface area contributed by atoms with Gasteiger partial charge in [0, 0.05) is 12.5 Å². The van der Waals surface area contributed by atoms with Gasteiger partial charge in [-0.15, -0.1) is 0 Å². The summed E-state index contributed by atoms with van der Waals surface area (Å²) in [4.78, 5) is 11.3. The van der Waals surface area contributed by atoms with Crippen LogP contribution >= 0.6 is 0 Å². The lowest BCUT2D eigenvalue weighted by Crippen LogP contribution is -2.16. The summed E-state index contributed by atoms with van der Waals surface area (Å²) in [6, 6.07) is 9.23. The SMILES string of the molecule is O=C(O)C(=CC1CCCOC1)c1ccccc1. The van der Waals surface area contributed by atoms with E-state index in [2.05, 4.69) is 0 Å². The van der Waals surface area contributed by atoms with Gasteiger partial charge in [-0.1, -0.05) is 36.4 Å². The fourth-order valence-corrected chi connectivity index (χ4v) is 2.04. The van der Waals surface area contributed by atoms with Crippen LogP contribution in [0.3, 0.4) is 0 Å². The lowest BCUT2D eigenvalue weighted by Gasteiger charge is -2.19. The first-order chi connectivity index (χ1) is 8.27. The molecule has 3 nitrogen and oxygen atoms in total. The summed E-state index contributed by atoms with van der Waals surface area (Å²) in [6.45, 7) is 1.42. The van der Waals surface area contributed by atoms with Crippen LogP contribution < -0.4 is 0 Å². The summed E-state index contributed by atoms with van der Waals surface area (Å²) < 4.78 is 5.36. The maximum Gasteiger partial charge on any atom is 0.335 e. The van der Waals surface area contributed by atoms with Crippen molar-refractivity contribution in [1.82, 2.24) is 0 Å². The largest absolute Gasteiger partial charge is 0.478 e.